The third-order valence-corrected chi connectivity index (χ3v) is 2.03. The standard InChI is InChI=1S/C8H13ClN4/c1-2-6-7(9)8(11-4-3-10)13-5-12-6/h5H,2-4,10H2,1H3,(H,11,12,13). The Hall–Kier alpha value is -0.870. The molecule has 72 valence electrons. The second kappa shape index (κ2) is 4.99. The molecule has 0 spiro atoms. The zero-order chi connectivity index (χ0) is 9.68. The molecule has 1 aromatic rings. The van der Waals surface area contributed by atoms with Crippen molar-refractivity contribution >= 4 is 17.4 Å². The van der Waals surface area contributed by atoms with Gasteiger partial charge >= 0.3 is 0 Å². The molecule has 1 rings (SSSR count). The van der Waals surface area contributed by atoms with Crippen molar-refractivity contribution in [1.29, 1.82) is 0 Å². The molecule has 0 amide bonds. The smallest absolute Gasteiger partial charge is 0.148 e. The normalized spacial score (nSPS) is 10.1. The molecule has 0 saturated heterocycles. The fraction of sp³-hybridized carbons (Fsp3) is 0.500. The Kier molecular flexibility index (Phi) is 3.92. The molecule has 3 N–H and O–H groups in total. The van der Waals surface area contributed by atoms with Gasteiger partial charge in [-0.2, -0.15) is 0 Å². The highest BCUT2D eigenvalue weighted by atomic mass is 35.5. The second-order valence-electron chi connectivity index (χ2n) is 2.55. The molecule has 0 saturated carbocycles. The summed E-state index contributed by atoms with van der Waals surface area (Å²) in [4.78, 5) is 8.07. The first-order chi connectivity index (χ1) is 6.29. The number of hydrogen-bond donors (Lipinski definition) is 2. The summed E-state index contributed by atoms with van der Waals surface area (Å²) in [7, 11) is 0. The first-order valence-corrected chi connectivity index (χ1v) is 4.60. The van der Waals surface area contributed by atoms with Crippen LogP contribution in [-0.2, 0) is 6.42 Å². The zero-order valence-electron chi connectivity index (χ0n) is 7.55. The van der Waals surface area contributed by atoms with Gasteiger partial charge in [0.05, 0.1) is 5.69 Å². The zero-order valence-corrected chi connectivity index (χ0v) is 8.30. The quantitative estimate of drug-likeness (QED) is 0.763. The number of nitrogens with two attached hydrogens (primary N) is 1. The molecule has 0 aliphatic rings. The summed E-state index contributed by atoms with van der Waals surface area (Å²) in [5, 5.41) is 3.63. The Labute approximate surface area is 82.5 Å². The van der Waals surface area contributed by atoms with Crippen molar-refractivity contribution in [3.05, 3.63) is 17.0 Å². The lowest BCUT2D eigenvalue weighted by Crippen LogP contribution is -2.14. The number of nitrogens with one attached hydrogen (secondary N) is 1. The maximum Gasteiger partial charge on any atom is 0.148 e. The fourth-order valence-corrected chi connectivity index (χ4v) is 1.26. The van der Waals surface area contributed by atoms with Gasteiger partial charge in [0.15, 0.2) is 0 Å². The molecular formula is C8H13ClN4. The number of aromatic nitrogens is 2. The van der Waals surface area contributed by atoms with Crippen LogP contribution < -0.4 is 11.1 Å². The highest BCUT2D eigenvalue weighted by Crippen LogP contribution is 2.21. The maximum atomic E-state index is 6.02. The van der Waals surface area contributed by atoms with Crippen molar-refractivity contribution in [1.82, 2.24) is 9.97 Å². The van der Waals surface area contributed by atoms with Gasteiger partial charge in [0.2, 0.25) is 0 Å². The third kappa shape index (κ3) is 2.54. The molecule has 0 atom stereocenters. The molecule has 5 heteroatoms. The SMILES string of the molecule is CCc1ncnc(NCCN)c1Cl. The lowest BCUT2D eigenvalue weighted by atomic mass is 10.3. The largest absolute Gasteiger partial charge is 0.367 e. The minimum Gasteiger partial charge on any atom is -0.367 e. The van der Waals surface area contributed by atoms with Crippen LogP contribution >= 0.6 is 11.6 Å². The summed E-state index contributed by atoms with van der Waals surface area (Å²) >= 11 is 6.02. The Bertz CT molecular complexity index is 277. The Morgan fingerprint density at radius 1 is 1.54 bits per heavy atom. The molecule has 13 heavy (non-hydrogen) atoms. The topological polar surface area (TPSA) is 63.8 Å². The van der Waals surface area contributed by atoms with E-state index in [2.05, 4.69) is 15.3 Å². The Morgan fingerprint density at radius 2 is 2.31 bits per heavy atom. The highest BCUT2D eigenvalue weighted by molar-refractivity contribution is 6.33. The number of nitrogens with zero attached hydrogens (tertiary/aromatic N) is 2. The van der Waals surface area contributed by atoms with E-state index in [1.54, 1.807) is 0 Å². The van der Waals surface area contributed by atoms with Crippen LogP contribution in [0.25, 0.3) is 0 Å². The van der Waals surface area contributed by atoms with Crippen molar-refractivity contribution in [3.8, 4) is 0 Å². The summed E-state index contributed by atoms with van der Waals surface area (Å²) < 4.78 is 0. The van der Waals surface area contributed by atoms with Crippen LogP contribution in [0, 0.1) is 0 Å². The van der Waals surface area contributed by atoms with E-state index in [0.29, 0.717) is 23.9 Å². The van der Waals surface area contributed by atoms with Gasteiger partial charge in [-0.05, 0) is 6.42 Å². The van der Waals surface area contributed by atoms with Gasteiger partial charge in [-0.15, -0.1) is 0 Å². The van der Waals surface area contributed by atoms with Gasteiger partial charge < -0.3 is 11.1 Å². The third-order valence-electron chi connectivity index (χ3n) is 1.63. The van der Waals surface area contributed by atoms with E-state index in [1.807, 2.05) is 6.92 Å². The molecule has 0 unspecified atom stereocenters. The molecule has 1 heterocycles. The molecule has 0 radical (unpaired) electrons. The minimum atomic E-state index is 0.557. The van der Waals surface area contributed by atoms with E-state index in [-0.39, 0.29) is 0 Å². The summed E-state index contributed by atoms with van der Waals surface area (Å²) in [6.45, 7) is 3.22. The molecule has 4 nitrogen and oxygen atoms in total. The number of halogens is 1. The lowest BCUT2D eigenvalue weighted by molar-refractivity contribution is 0.971. The minimum absolute atomic E-state index is 0.557. The average Bonchev–Trinajstić information content (AvgIpc) is 2.16. The predicted molar refractivity (Wildman–Crippen MR) is 54.0 cm³/mol. The van der Waals surface area contributed by atoms with Crippen LogP contribution in [0.4, 0.5) is 5.82 Å². The van der Waals surface area contributed by atoms with E-state index >= 15 is 0 Å². The van der Waals surface area contributed by atoms with E-state index in [4.69, 9.17) is 17.3 Å². The van der Waals surface area contributed by atoms with E-state index in [1.165, 1.54) is 6.33 Å². The van der Waals surface area contributed by atoms with Crippen LogP contribution in [0.2, 0.25) is 5.02 Å². The summed E-state index contributed by atoms with van der Waals surface area (Å²) in [5.41, 5.74) is 6.21. The van der Waals surface area contributed by atoms with Crippen LogP contribution in [-0.4, -0.2) is 23.1 Å². The second-order valence-corrected chi connectivity index (χ2v) is 2.93. The van der Waals surface area contributed by atoms with Crippen LogP contribution in [0.3, 0.4) is 0 Å². The average molecular weight is 201 g/mol. The van der Waals surface area contributed by atoms with Crippen molar-refractivity contribution in [2.45, 2.75) is 13.3 Å². The first-order valence-electron chi connectivity index (χ1n) is 4.23. The van der Waals surface area contributed by atoms with E-state index in [9.17, 15) is 0 Å². The monoisotopic (exact) mass is 200 g/mol. The Balaban J connectivity index is 2.81. The fourth-order valence-electron chi connectivity index (χ4n) is 0.967. The molecule has 0 fully saturated rings. The number of hydrogen-bond acceptors (Lipinski definition) is 4. The number of anilines is 1. The van der Waals surface area contributed by atoms with Gasteiger partial charge in [0.25, 0.3) is 0 Å². The van der Waals surface area contributed by atoms with Crippen molar-refractivity contribution < 1.29 is 0 Å². The van der Waals surface area contributed by atoms with Gasteiger partial charge in [-0.25, -0.2) is 9.97 Å². The number of aryl methyl sites for hydroxylation is 1. The summed E-state index contributed by atoms with van der Waals surface area (Å²) in [6.07, 6.45) is 2.31. The van der Waals surface area contributed by atoms with Gasteiger partial charge in [0, 0.05) is 13.1 Å². The molecule has 0 aliphatic carbocycles. The molecule has 0 bridgehead atoms. The predicted octanol–water partition coefficient (Wildman–Crippen LogP) is 1.06. The van der Waals surface area contributed by atoms with E-state index < -0.39 is 0 Å². The van der Waals surface area contributed by atoms with Gasteiger partial charge in [-0.1, -0.05) is 18.5 Å². The Morgan fingerprint density at radius 3 is 2.92 bits per heavy atom. The van der Waals surface area contributed by atoms with E-state index in [0.717, 1.165) is 12.1 Å². The lowest BCUT2D eigenvalue weighted by Gasteiger charge is -2.07. The van der Waals surface area contributed by atoms with Gasteiger partial charge in [-0.3, -0.25) is 0 Å². The van der Waals surface area contributed by atoms with Crippen molar-refractivity contribution in [3.63, 3.8) is 0 Å². The maximum absolute atomic E-state index is 6.02. The summed E-state index contributed by atoms with van der Waals surface area (Å²) in [5.74, 6) is 0.666. The first kappa shape index (κ1) is 10.2. The van der Waals surface area contributed by atoms with Crippen LogP contribution in [0.5, 0.6) is 0 Å². The molecule has 1 aromatic heterocycles. The van der Waals surface area contributed by atoms with Crippen LogP contribution in [0.15, 0.2) is 6.33 Å². The summed E-state index contributed by atoms with van der Waals surface area (Å²) in [6, 6.07) is 0. The highest BCUT2D eigenvalue weighted by Gasteiger charge is 2.05. The van der Waals surface area contributed by atoms with Gasteiger partial charge in [0.1, 0.15) is 17.2 Å². The van der Waals surface area contributed by atoms with Crippen molar-refractivity contribution in [2.75, 3.05) is 18.4 Å². The van der Waals surface area contributed by atoms with Crippen LogP contribution in [0.1, 0.15) is 12.6 Å². The molecule has 0 aromatic carbocycles. The number of rotatable bonds is 4. The molecular weight excluding hydrogens is 188 g/mol. The van der Waals surface area contributed by atoms with Crippen molar-refractivity contribution in [2.24, 2.45) is 5.73 Å². The molecule has 0 aliphatic heterocycles.